The van der Waals surface area contributed by atoms with Gasteiger partial charge in [0.15, 0.2) is 0 Å². The van der Waals surface area contributed by atoms with Gasteiger partial charge in [0.25, 0.3) is 5.91 Å². The topological polar surface area (TPSA) is 63.7 Å². The van der Waals surface area contributed by atoms with E-state index in [-0.39, 0.29) is 25.3 Å². The summed E-state index contributed by atoms with van der Waals surface area (Å²) in [4.78, 5) is 13.5. The molecule has 25 heavy (non-hydrogen) atoms. The summed E-state index contributed by atoms with van der Waals surface area (Å²) < 4.78 is 54.6. The van der Waals surface area contributed by atoms with Crippen molar-refractivity contribution in [2.24, 2.45) is 0 Å². The summed E-state index contributed by atoms with van der Waals surface area (Å²) in [7, 11) is -3.40. The van der Waals surface area contributed by atoms with E-state index in [0.29, 0.717) is 0 Å². The van der Waals surface area contributed by atoms with Gasteiger partial charge < -0.3 is 9.64 Å². The first-order chi connectivity index (χ1) is 11.9. The molecule has 0 aliphatic heterocycles. The molecular formula is C16H17F2NO4S2. The smallest absolute Gasteiger partial charge is 0.341 e. The van der Waals surface area contributed by atoms with Crippen LogP contribution in [0.4, 0.5) is 8.78 Å². The lowest BCUT2D eigenvalue weighted by Crippen LogP contribution is -2.34. The predicted octanol–water partition coefficient (Wildman–Crippen LogP) is 3.03. The van der Waals surface area contributed by atoms with Gasteiger partial charge in [-0.25, -0.2) is 8.42 Å². The molecule has 5 nitrogen and oxygen atoms in total. The molecule has 0 atom stereocenters. The van der Waals surface area contributed by atoms with Gasteiger partial charge in [-0.1, -0.05) is 12.1 Å². The maximum absolute atomic E-state index is 12.9. The van der Waals surface area contributed by atoms with Crippen LogP contribution in [0.2, 0.25) is 0 Å². The number of thiophene rings is 1. The lowest BCUT2D eigenvalue weighted by atomic mass is 10.2. The summed E-state index contributed by atoms with van der Waals surface area (Å²) in [5, 5.41) is 3.71. The molecule has 0 saturated heterocycles. The van der Waals surface area contributed by atoms with E-state index in [2.05, 4.69) is 0 Å². The van der Waals surface area contributed by atoms with Crippen molar-refractivity contribution >= 4 is 27.1 Å². The van der Waals surface area contributed by atoms with Crippen molar-refractivity contribution in [3.05, 3.63) is 52.2 Å². The van der Waals surface area contributed by atoms with E-state index in [1.807, 2.05) is 16.8 Å². The third-order valence-electron chi connectivity index (χ3n) is 3.46. The summed E-state index contributed by atoms with van der Waals surface area (Å²) in [5.41, 5.74) is 0.595. The van der Waals surface area contributed by atoms with Crippen molar-refractivity contribution in [3.8, 4) is 0 Å². The molecule has 0 N–H and O–H groups in total. The van der Waals surface area contributed by atoms with E-state index in [4.69, 9.17) is 4.74 Å². The molecule has 0 spiro atoms. The van der Waals surface area contributed by atoms with Crippen LogP contribution in [-0.2, 0) is 21.1 Å². The van der Waals surface area contributed by atoms with Crippen LogP contribution in [0.25, 0.3) is 0 Å². The molecule has 1 amide bonds. The number of hydrogen-bond donors (Lipinski definition) is 0. The number of nitrogens with zero attached hydrogens (tertiary/aromatic N) is 1. The van der Waals surface area contributed by atoms with E-state index in [0.717, 1.165) is 11.6 Å². The maximum Gasteiger partial charge on any atom is 0.341 e. The highest BCUT2D eigenvalue weighted by Crippen LogP contribution is 2.24. The van der Waals surface area contributed by atoms with Gasteiger partial charge in [0.1, 0.15) is 0 Å². The Morgan fingerprint density at radius 2 is 2.00 bits per heavy atom. The fraction of sp³-hybridized carbons (Fsp3) is 0.312. The van der Waals surface area contributed by atoms with Crippen LogP contribution in [0.3, 0.4) is 0 Å². The lowest BCUT2D eigenvalue weighted by molar-refractivity contribution is 0.0676. The largest absolute Gasteiger partial charge is 0.383 e. The molecule has 2 aromatic rings. The Hall–Kier alpha value is -1.84. The van der Waals surface area contributed by atoms with Gasteiger partial charge in [-0.15, -0.1) is 0 Å². The first kappa shape index (κ1) is 19.5. The van der Waals surface area contributed by atoms with Gasteiger partial charge in [-0.2, -0.15) is 20.1 Å². The number of carbonyl (C=O) groups excluding carboxylic acids is 1. The van der Waals surface area contributed by atoms with Crippen molar-refractivity contribution in [1.29, 1.82) is 0 Å². The van der Waals surface area contributed by atoms with Crippen LogP contribution >= 0.6 is 11.3 Å². The summed E-state index contributed by atoms with van der Waals surface area (Å²) >= 11 is 1.46. The number of alkyl halides is 2. The maximum atomic E-state index is 12.9. The van der Waals surface area contributed by atoms with Crippen LogP contribution in [0.1, 0.15) is 15.9 Å². The number of methoxy groups -OCH3 is 1. The molecule has 1 aromatic heterocycles. The molecule has 0 aliphatic carbocycles. The van der Waals surface area contributed by atoms with Crippen LogP contribution in [0.5, 0.6) is 0 Å². The van der Waals surface area contributed by atoms with Gasteiger partial charge >= 0.3 is 5.76 Å². The first-order valence-electron chi connectivity index (χ1n) is 7.28. The van der Waals surface area contributed by atoms with Crippen molar-refractivity contribution in [2.75, 3.05) is 20.3 Å². The molecule has 136 valence electrons. The Kier molecular flexibility index (Phi) is 6.63. The number of rotatable bonds is 8. The SMILES string of the molecule is COCCN(Cc1ccsc1)C(=O)c1ccccc1S(=O)(=O)C(F)F. The normalized spacial score (nSPS) is 11.7. The van der Waals surface area contributed by atoms with Crippen LogP contribution in [-0.4, -0.2) is 45.2 Å². The average Bonchev–Trinajstić information content (AvgIpc) is 3.11. The number of hydrogen-bond acceptors (Lipinski definition) is 5. The minimum atomic E-state index is -4.88. The minimum Gasteiger partial charge on any atom is -0.383 e. The third kappa shape index (κ3) is 4.62. The molecule has 1 heterocycles. The van der Waals surface area contributed by atoms with Gasteiger partial charge in [0.05, 0.1) is 17.1 Å². The number of carbonyl (C=O) groups is 1. The summed E-state index contributed by atoms with van der Waals surface area (Å²) in [6.45, 7) is 0.669. The average molecular weight is 389 g/mol. The monoisotopic (exact) mass is 389 g/mol. The molecule has 0 saturated carbocycles. The molecule has 0 fully saturated rings. The third-order valence-corrected chi connectivity index (χ3v) is 5.63. The van der Waals surface area contributed by atoms with E-state index >= 15 is 0 Å². The number of sulfone groups is 1. The van der Waals surface area contributed by atoms with Gasteiger partial charge in [-0.3, -0.25) is 4.79 Å². The molecule has 0 radical (unpaired) electrons. The van der Waals surface area contributed by atoms with Crippen LogP contribution in [0.15, 0.2) is 46.0 Å². The van der Waals surface area contributed by atoms with Crippen LogP contribution < -0.4 is 0 Å². The molecule has 1 aromatic carbocycles. The number of halogens is 2. The van der Waals surface area contributed by atoms with E-state index in [1.165, 1.54) is 41.5 Å². The van der Waals surface area contributed by atoms with E-state index in [9.17, 15) is 22.0 Å². The van der Waals surface area contributed by atoms with E-state index < -0.39 is 26.4 Å². The summed E-state index contributed by atoms with van der Waals surface area (Å²) in [6.07, 6.45) is 0. The zero-order valence-electron chi connectivity index (χ0n) is 13.4. The summed E-state index contributed by atoms with van der Waals surface area (Å²) in [5.74, 6) is -4.23. The Morgan fingerprint density at radius 1 is 1.28 bits per heavy atom. The Balaban J connectivity index is 2.39. The van der Waals surface area contributed by atoms with Gasteiger partial charge in [0.2, 0.25) is 9.84 Å². The van der Waals surface area contributed by atoms with Gasteiger partial charge in [0, 0.05) is 20.2 Å². The molecule has 0 unspecified atom stereocenters. The Morgan fingerprint density at radius 3 is 2.60 bits per heavy atom. The van der Waals surface area contributed by atoms with Crippen LogP contribution in [0, 0.1) is 0 Å². The number of ether oxygens (including phenoxy) is 1. The quantitative estimate of drug-likeness (QED) is 0.696. The lowest BCUT2D eigenvalue weighted by Gasteiger charge is -2.23. The number of benzene rings is 1. The second kappa shape index (κ2) is 8.50. The fourth-order valence-electron chi connectivity index (χ4n) is 2.21. The predicted molar refractivity (Wildman–Crippen MR) is 90.6 cm³/mol. The Bertz CT molecular complexity index is 807. The molecule has 0 aliphatic rings. The zero-order chi connectivity index (χ0) is 18.4. The molecule has 9 heteroatoms. The summed E-state index contributed by atoms with van der Waals surface area (Å²) in [6, 6.07) is 6.85. The molecule has 2 rings (SSSR count). The second-order valence-electron chi connectivity index (χ2n) is 5.15. The Labute approximate surface area is 148 Å². The van der Waals surface area contributed by atoms with Crippen molar-refractivity contribution in [3.63, 3.8) is 0 Å². The van der Waals surface area contributed by atoms with E-state index in [1.54, 1.807) is 0 Å². The standard InChI is InChI=1S/C16H17F2NO4S2/c1-23-8-7-19(10-12-6-9-24-11-12)15(20)13-4-2-3-5-14(13)25(21,22)16(17)18/h2-6,9,11,16H,7-8,10H2,1H3. The molecule has 0 bridgehead atoms. The van der Waals surface area contributed by atoms with Crippen molar-refractivity contribution < 1.29 is 26.7 Å². The highest BCUT2D eigenvalue weighted by Gasteiger charge is 2.32. The molecular weight excluding hydrogens is 372 g/mol. The minimum absolute atomic E-state index is 0.203. The van der Waals surface area contributed by atoms with Crippen molar-refractivity contribution in [1.82, 2.24) is 4.90 Å². The number of amides is 1. The van der Waals surface area contributed by atoms with Gasteiger partial charge in [-0.05, 0) is 34.5 Å². The highest BCUT2D eigenvalue weighted by atomic mass is 32.2. The first-order valence-corrected chi connectivity index (χ1v) is 9.77. The second-order valence-corrected chi connectivity index (χ2v) is 7.82. The fourth-order valence-corrected chi connectivity index (χ4v) is 3.80. The highest BCUT2D eigenvalue weighted by molar-refractivity contribution is 7.91. The zero-order valence-corrected chi connectivity index (χ0v) is 15.0. The van der Waals surface area contributed by atoms with Crippen molar-refractivity contribution in [2.45, 2.75) is 17.2 Å².